The molecule has 4 aromatic rings. The highest BCUT2D eigenvalue weighted by Gasteiger charge is 2.26. The number of benzene rings is 2. The van der Waals surface area contributed by atoms with Crippen LogP contribution in [0.15, 0.2) is 71.0 Å². The average molecular weight is 515 g/mol. The number of fused-ring (bicyclic) bond motifs is 2. The molecule has 0 amide bonds. The predicted molar refractivity (Wildman–Crippen MR) is 116 cm³/mol. The molecular weight excluding hydrogens is 497 g/mol. The van der Waals surface area contributed by atoms with E-state index >= 15 is 0 Å². The lowest BCUT2D eigenvalue weighted by molar-refractivity contribution is -0.642. The van der Waals surface area contributed by atoms with E-state index in [0.717, 1.165) is 22.8 Å². The Morgan fingerprint density at radius 2 is 1.75 bits per heavy atom. The minimum absolute atomic E-state index is 0. The first-order chi connectivity index (χ1) is 13.2. The SMILES string of the molecule is CC(=C1N=C(c2ccccc2)Nc2ccsc21)c1sc2ccccc2[n+]1C.[I-]. The molecular formula is C22H18IN3S2. The number of amidine groups is 1. The summed E-state index contributed by atoms with van der Waals surface area (Å²) < 4.78 is 3.57. The summed E-state index contributed by atoms with van der Waals surface area (Å²) in [6.07, 6.45) is 0. The van der Waals surface area contributed by atoms with Gasteiger partial charge in [-0.05, 0) is 24.4 Å². The van der Waals surface area contributed by atoms with Crippen LogP contribution < -0.4 is 33.9 Å². The Hall–Kier alpha value is -2.03. The maximum atomic E-state index is 5.04. The van der Waals surface area contributed by atoms with Gasteiger partial charge in [0.2, 0.25) is 5.52 Å². The van der Waals surface area contributed by atoms with E-state index in [1.165, 1.54) is 25.7 Å². The van der Waals surface area contributed by atoms with Gasteiger partial charge in [0.25, 0.3) is 5.01 Å². The minimum Gasteiger partial charge on any atom is -1.00 e. The molecule has 3 heterocycles. The van der Waals surface area contributed by atoms with Crippen LogP contribution in [-0.2, 0) is 7.05 Å². The summed E-state index contributed by atoms with van der Waals surface area (Å²) >= 11 is 3.55. The third-order valence-electron chi connectivity index (χ3n) is 4.82. The standard InChI is InChI=1S/C22H17N3S2.HI/c1-14(22-25(2)17-10-6-7-11-18(17)27-22)19-20-16(12-13-26-20)23-21(24-19)15-8-4-3-5-9-15;/h3-13H,1-2H3;1H. The summed E-state index contributed by atoms with van der Waals surface area (Å²) in [6.45, 7) is 2.18. The van der Waals surface area contributed by atoms with Gasteiger partial charge in [-0.25, -0.2) is 4.99 Å². The zero-order valence-electron chi connectivity index (χ0n) is 15.4. The van der Waals surface area contributed by atoms with Crippen LogP contribution in [0.4, 0.5) is 5.69 Å². The van der Waals surface area contributed by atoms with Gasteiger partial charge in [0.05, 0.1) is 21.8 Å². The van der Waals surface area contributed by atoms with Gasteiger partial charge >= 0.3 is 0 Å². The van der Waals surface area contributed by atoms with Gasteiger partial charge in [0.15, 0.2) is 0 Å². The zero-order valence-corrected chi connectivity index (χ0v) is 19.2. The van der Waals surface area contributed by atoms with Crippen LogP contribution in [0.25, 0.3) is 21.5 Å². The Bertz CT molecular complexity index is 1220. The van der Waals surface area contributed by atoms with Crippen LogP contribution in [0.2, 0.25) is 0 Å². The van der Waals surface area contributed by atoms with E-state index in [0.29, 0.717) is 0 Å². The van der Waals surface area contributed by atoms with Gasteiger partial charge < -0.3 is 29.3 Å². The molecule has 5 rings (SSSR count). The monoisotopic (exact) mass is 515 g/mol. The van der Waals surface area contributed by atoms with Crippen molar-refractivity contribution in [2.24, 2.45) is 12.0 Å². The third kappa shape index (κ3) is 3.19. The summed E-state index contributed by atoms with van der Waals surface area (Å²) in [5.41, 5.74) is 5.74. The van der Waals surface area contributed by atoms with E-state index in [2.05, 4.69) is 71.7 Å². The summed E-state index contributed by atoms with van der Waals surface area (Å²) in [5.74, 6) is 0.902. The molecule has 1 aliphatic rings. The van der Waals surface area contributed by atoms with Crippen molar-refractivity contribution < 1.29 is 28.5 Å². The summed E-state index contributed by atoms with van der Waals surface area (Å²) in [6, 6.07) is 21.0. The predicted octanol–water partition coefficient (Wildman–Crippen LogP) is 2.55. The van der Waals surface area contributed by atoms with Crippen molar-refractivity contribution in [1.29, 1.82) is 0 Å². The normalized spacial score (nSPS) is 14.7. The molecule has 0 saturated heterocycles. The molecule has 1 aliphatic heterocycles. The molecule has 0 fully saturated rings. The lowest BCUT2D eigenvalue weighted by atomic mass is 10.1. The first-order valence-corrected chi connectivity index (χ1v) is 10.5. The molecule has 0 radical (unpaired) electrons. The zero-order chi connectivity index (χ0) is 18.4. The Kier molecular flexibility index (Phi) is 5.35. The van der Waals surface area contributed by atoms with Crippen molar-refractivity contribution in [3.8, 4) is 0 Å². The summed E-state index contributed by atoms with van der Waals surface area (Å²) in [7, 11) is 2.14. The van der Waals surface area contributed by atoms with Crippen molar-refractivity contribution >= 4 is 55.7 Å². The van der Waals surface area contributed by atoms with Crippen LogP contribution in [-0.4, -0.2) is 5.84 Å². The van der Waals surface area contributed by atoms with Crippen molar-refractivity contribution in [2.75, 3.05) is 5.32 Å². The number of rotatable bonds is 2. The molecule has 28 heavy (non-hydrogen) atoms. The van der Waals surface area contributed by atoms with Gasteiger partial charge in [-0.3, -0.25) is 0 Å². The number of hydrogen-bond acceptors (Lipinski definition) is 4. The number of aryl methyl sites for hydroxylation is 1. The number of anilines is 1. The number of nitrogens with one attached hydrogen (secondary N) is 1. The summed E-state index contributed by atoms with van der Waals surface area (Å²) in [5, 5.41) is 6.86. The number of para-hydroxylation sites is 1. The van der Waals surface area contributed by atoms with E-state index < -0.39 is 0 Å². The van der Waals surface area contributed by atoms with Crippen LogP contribution in [0.5, 0.6) is 0 Å². The fourth-order valence-corrected chi connectivity index (χ4v) is 5.47. The Morgan fingerprint density at radius 1 is 1.00 bits per heavy atom. The minimum atomic E-state index is 0. The van der Waals surface area contributed by atoms with E-state index in [4.69, 9.17) is 4.99 Å². The van der Waals surface area contributed by atoms with Crippen molar-refractivity contribution in [2.45, 2.75) is 6.92 Å². The molecule has 6 heteroatoms. The third-order valence-corrected chi connectivity index (χ3v) is 7.08. The molecule has 140 valence electrons. The van der Waals surface area contributed by atoms with Crippen LogP contribution in [0.1, 0.15) is 22.4 Å². The van der Waals surface area contributed by atoms with Gasteiger partial charge in [-0.1, -0.05) is 53.8 Å². The molecule has 0 spiro atoms. The smallest absolute Gasteiger partial charge is 0.267 e. The van der Waals surface area contributed by atoms with Crippen molar-refractivity contribution in [3.05, 3.63) is 81.5 Å². The van der Waals surface area contributed by atoms with Gasteiger partial charge in [-0.2, -0.15) is 4.57 Å². The molecule has 0 bridgehead atoms. The molecule has 2 aromatic carbocycles. The van der Waals surface area contributed by atoms with Crippen LogP contribution in [0, 0.1) is 0 Å². The quantitative estimate of drug-likeness (QED) is 0.323. The second kappa shape index (κ2) is 7.77. The largest absolute Gasteiger partial charge is 1.00 e. The Morgan fingerprint density at radius 3 is 2.54 bits per heavy atom. The van der Waals surface area contributed by atoms with Gasteiger partial charge in [0, 0.05) is 11.6 Å². The fourth-order valence-electron chi connectivity index (χ4n) is 3.43. The molecule has 0 atom stereocenters. The van der Waals surface area contributed by atoms with E-state index in [9.17, 15) is 0 Å². The van der Waals surface area contributed by atoms with E-state index in [1.807, 2.05) is 29.5 Å². The number of thiazole rings is 1. The number of nitrogens with zero attached hydrogens (tertiary/aromatic N) is 2. The highest BCUT2D eigenvalue weighted by molar-refractivity contribution is 7.19. The Labute approximate surface area is 189 Å². The second-order valence-corrected chi connectivity index (χ2v) is 8.47. The van der Waals surface area contributed by atoms with Gasteiger partial charge in [0.1, 0.15) is 17.6 Å². The van der Waals surface area contributed by atoms with Crippen LogP contribution in [0.3, 0.4) is 0 Å². The lowest BCUT2D eigenvalue weighted by Gasteiger charge is -2.18. The number of allylic oxidation sites excluding steroid dienone is 1. The molecule has 0 unspecified atom stereocenters. The highest BCUT2D eigenvalue weighted by atomic mass is 127. The van der Waals surface area contributed by atoms with Crippen molar-refractivity contribution in [3.63, 3.8) is 0 Å². The second-order valence-electron chi connectivity index (χ2n) is 6.52. The lowest BCUT2D eigenvalue weighted by Crippen LogP contribution is -3.00. The fraction of sp³-hybridized carbons (Fsp3) is 0.0909. The number of halogens is 1. The van der Waals surface area contributed by atoms with Crippen molar-refractivity contribution in [1.82, 2.24) is 0 Å². The van der Waals surface area contributed by atoms with Gasteiger partial charge in [-0.15, -0.1) is 11.3 Å². The number of aromatic nitrogens is 1. The molecule has 0 saturated carbocycles. The Balaban J connectivity index is 0.00000192. The topological polar surface area (TPSA) is 28.3 Å². The molecule has 0 aliphatic carbocycles. The van der Waals surface area contributed by atoms with E-state index in [-0.39, 0.29) is 24.0 Å². The maximum absolute atomic E-state index is 5.04. The maximum Gasteiger partial charge on any atom is 0.267 e. The van der Waals surface area contributed by atoms with Crippen LogP contribution >= 0.6 is 22.7 Å². The number of aliphatic imine (C=N–C) groups is 1. The average Bonchev–Trinajstić information content (AvgIpc) is 3.32. The molecule has 2 aromatic heterocycles. The first-order valence-electron chi connectivity index (χ1n) is 8.80. The molecule has 3 nitrogen and oxygen atoms in total. The number of thiophene rings is 1. The highest BCUT2D eigenvalue weighted by Crippen LogP contribution is 2.40. The number of hydrogen-bond donors (Lipinski definition) is 1. The van der Waals surface area contributed by atoms with E-state index in [1.54, 1.807) is 11.3 Å². The molecule has 1 N–H and O–H groups in total. The first kappa shape index (κ1) is 19.3. The summed E-state index contributed by atoms with van der Waals surface area (Å²) in [4.78, 5) is 6.24.